The monoisotopic (exact) mass is 324 g/mol. The summed E-state index contributed by atoms with van der Waals surface area (Å²) in [4.78, 5) is 0.0218. The number of halogens is 2. The van der Waals surface area contributed by atoms with Gasteiger partial charge in [0, 0.05) is 17.6 Å². The quantitative estimate of drug-likeness (QED) is 0.810. The van der Waals surface area contributed by atoms with Crippen LogP contribution in [0.5, 0.6) is 0 Å². The Balaban J connectivity index is 2.90. The van der Waals surface area contributed by atoms with Crippen molar-refractivity contribution < 1.29 is 8.42 Å². The molecule has 108 valence electrons. The van der Waals surface area contributed by atoms with E-state index in [0.29, 0.717) is 11.4 Å². The van der Waals surface area contributed by atoms with Crippen LogP contribution in [0.15, 0.2) is 23.1 Å². The van der Waals surface area contributed by atoms with E-state index in [4.69, 9.17) is 28.9 Å². The Morgan fingerprint density at radius 3 is 2.58 bits per heavy atom. The van der Waals surface area contributed by atoms with Crippen LogP contribution >= 0.6 is 23.2 Å². The summed E-state index contributed by atoms with van der Waals surface area (Å²) in [5.74, 6) is 0. The van der Waals surface area contributed by atoms with Gasteiger partial charge in [0.1, 0.15) is 4.90 Å². The number of rotatable bonds is 7. The van der Waals surface area contributed by atoms with Crippen molar-refractivity contribution >= 4 is 33.2 Å². The molecular weight excluding hydrogens is 307 g/mol. The Hall–Kier alpha value is -0.330. The van der Waals surface area contributed by atoms with Crippen LogP contribution in [-0.4, -0.2) is 21.0 Å². The molecule has 1 atom stereocenters. The zero-order valence-electron chi connectivity index (χ0n) is 10.7. The van der Waals surface area contributed by atoms with Crippen LogP contribution in [-0.2, 0) is 10.0 Å². The van der Waals surface area contributed by atoms with Gasteiger partial charge in [-0.25, -0.2) is 13.1 Å². The van der Waals surface area contributed by atoms with Gasteiger partial charge >= 0.3 is 0 Å². The van der Waals surface area contributed by atoms with Crippen molar-refractivity contribution in [2.75, 3.05) is 6.54 Å². The van der Waals surface area contributed by atoms with E-state index in [-0.39, 0.29) is 22.5 Å². The van der Waals surface area contributed by atoms with E-state index in [1.807, 2.05) is 6.92 Å². The molecule has 0 aliphatic rings. The lowest BCUT2D eigenvalue weighted by Gasteiger charge is -2.17. The van der Waals surface area contributed by atoms with E-state index in [0.717, 1.165) is 12.8 Å². The molecule has 1 aromatic rings. The largest absolute Gasteiger partial charge is 0.329 e. The van der Waals surface area contributed by atoms with Gasteiger partial charge in [0.25, 0.3) is 0 Å². The van der Waals surface area contributed by atoms with Crippen LogP contribution in [0.3, 0.4) is 0 Å². The topological polar surface area (TPSA) is 72.2 Å². The highest BCUT2D eigenvalue weighted by atomic mass is 35.5. The fourth-order valence-corrected chi connectivity index (χ4v) is 3.71. The zero-order chi connectivity index (χ0) is 14.5. The molecule has 0 amide bonds. The first kappa shape index (κ1) is 16.7. The molecule has 0 aliphatic heterocycles. The minimum absolute atomic E-state index is 0.0218. The number of hydrogen-bond donors (Lipinski definition) is 2. The van der Waals surface area contributed by atoms with Crippen molar-refractivity contribution in [3.63, 3.8) is 0 Å². The van der Waals surface area contributed by atoms with Crippen LogP contribution in [0.1, 0.15) is 26.2 Å². The van der Waals surface area contributed by atoms with E-state index in [9.17, 15) is 8.42 Å². The summed E-state index contributed by atoms with van der Waals surface area (Å²) < 4.78 is 27.0. The van der Waals surface area contributed by atoms with Crippen LogP contribution in [0.4, 0.5) is 0 Å². The van der Waals surface area contributed by atoms with Gasteiger partial charge < -0.3 is 5.73 Å². The van der Waals surface area contributed by atoms with E-state index in [1.165, 1.54) is 18.2 Å². The Labute approximate surface area is 124 Å². The van der Waals surface area contributed by atoms with Gasteiger partial charge in [-0.15, -0.1) is 0 Å². The van der Waals surface area contributed by atoms with Crippen LogP contribution < -0.4 is 10.5 Å². The molecule has 4 nitrogen and oxygen atoms in total. The van der Waals surface area contributed by atoms with Gasteiger partial charge in [0.05, 0.1) is 5.02 Å². The molecule has 0 spiro atoms. The second kappa shape index (κ2) is 7.45. The summed E-state index contributed by atoms with van der Waals surface area (Å²) >= 11 is 11.7. The van der Waals surface area contributed by atoms with Crippen LogP contribution in [0.2, 0.25) is 10.0 Å². The van der Waals surface area contributed by atoms with Crippen molar-refractivity contribution in [3.05, 3.63) is 28.2 Å². The summed E-state index contributed by atoms with van der Waals surface area (Å²) in [6.07, 6.45) is 2.61. The Morgan fingerprint density at radius 1 is 1.37 bits per heavy atom. The highest BCUT2D eigenvalue weighted by Crippen LogP contribution is 2.25. The number of hydrogen-bond acceptors (Lipinski definition) is 3. The molecule has 0 heterocycles. The average Bonchev–Trinajstić information content (AvgIpc) is 2.33. The molecule has 0 saturated carbocycles. The predicted molar refractivity (Wildman–Crippen MR) is 79.2 cm³/mol. The SMILES string of the molecule is CCCCC(CN)NS(=O)(=O)c1ccc(Cl)cc1Cl. The normalized spacial score (nSPS) is 13.5. The van der Waals surface area contributed by atoms with Crippen LogP contribution in [0, 0.1) is 0 Å². The lowest BCUT2D eigenvalue weighted by molar-refractivity contribution is 0.516. The van der Waals surface area contributed by atoms with Crippen molar-refractivity contribution in [1.82, 2.24) is 4.72 Å². The summed E-state index contributed by atoms with van der Waals surface area (Å²) in [5, 5.41) is 0.497. The van der Waals surface area contributed by atoms with E-state index in [2.05, 4.69) is 4.72 Å². The van der Waals surface area contributed by atoms with Crippen LogP contribution in [0.25, 0.3) is 0 Å². The molecule has 1 rings (SSSR count). The van der Waals surface area contributed by atoms with Gasteiger partial charge in [0.2, 0.25) is 10.0 Å². The van der Waals surface area contributed by atoms with Gasteiger partial charge in [0.15, 0.2) is 0 Å². The number of unbranched alkanes of at least 4 members (excludes halogenated alkanes) is 1. The average molecular weight is 325 g/mol. The van der Waals surface area contributed by atoms with E-state index in [1.54, 1.807) is 0 Å². The molecule has 3 N–H and O–H groups in total. The van der Waals surface area contributed by atoms with E-state index < -0.39 is 10.0 Å². The molecular formula is C12H18Cl2N2O2S. The highest BCUT2D eigenvalue weighted by molar-refractivity contribution is 7.89. The Bertz CT molecular complexity index is 520. The third kappa shape index (κ3) is 4.93. The lowest BCUT2D eigenvalue weighted by atomic mass is 10.1. The second-order valence-corrected chi connectivity index (χ2v) is 6.80. The van der Waals surface area contributed by atoms with Gasteiger partial charge in [-0.3, -0.25) is 0 Å². The molecule has 19 heavy (non-hydrogen) atoms. The Morgan fingerprint density at radius 2 is 2.05 bits per heavy atom. The maximum atomic E-state index is 12.2. The summed E-state index contributed by atoms with van der Waals surface area (Å²) in [7, 11) is -3.67. The fraction of sp³-hybridized carbons (Fsp3) is 0.500. The third-order valence-electron chi connectivity index (χ3n) is 2.70. The van der Waals surface area contributed by atoms with Crippen molar-refractivity contribution in [3.8, 4) is 0 Å². The van der Waals surface area contributed by atoms with Gasteiger partial charge in [-0.05, 0) is 24.6 Å². The summed E-state index contributed by atoms with van der Waals surface area (Å²) in [5.41, 5.74) is 5.58. The minimum atomic E-state index is -3.67. The standard InChI is InChI=1S/C12H18Cl2N2O2S/c1-2-3-4-10(8-15)16-19(17,18)12-6-5-9(13)7-11(12)14/h5-7,10,16H,2-4,8,15H2,1H3. The highest BCUT2D eigenvalue weighted by Gasteiger charge is 2.21. The molecule has 1 unspecified atom stereocenters. The Kier molecular flexibility index (Phi) is 6.56. The first-order chi connectivity index (χ1) is 8.90. The maximum Gasteiger partial charge on any atom is 0.242 e. The predicted octanol–water partition coefficient (Wildman–Crippen LogP) is 2.79. The molecule has 0 aromatic heterocycles. The number of nitrogens with two attached hydrogens (primary N) is 1. The summed E-state index contributed by atoms with van der Waals surface area (Å²) in [6, 6.07) is 4.00. The third-order valence-corrected chi connectivity index (χ3v) is 4.93. The lowest BCUT2D eigenvalue weighted by Crippen LogP contribution is -2.40. The fourth-order valence-electron chi connectivity index (χ4n) is 1.65. The minimum Gasteiger partial charge on any atom is -0.329 e. The molecule has 1 aromatic carbocycles. The summed E-state index contributed by atoms with van der Waals surface area (Å²) in [6.45, 7) is 2.29. The number of benzene rings is 1. The molecule has 0 saturated heterocycles. The number of nitrogens with one attached hydrogen (secondary N) is 1. The van der Waals surface area contributed by atoms with E-state index >= 15 is 0 Å². The van der Waals surface area contributed by atoms with Gasteiger partial charge in [-0.2, -0.15) is 0 Å². The smallest absolute Gasteiger partial charge is 0.242 e. The first-order valence-electron chi connectivity index (χ1n) is 6.08. The molecule has 0 fully saturated rings. The van der Waals surface area contributed by atoms with Crippen molar-refractivity contribution in [1.29, 1.82) is 0 Å². The maximum absolute atomic E-state index is 12.2. The molecule has 0 radical (unpaired) electrons. The molecule has 0 aliphatic carbocycles. The molecule has 0 bridgehead atoms. The zero-order valence-corrected chi connectivity index (χ0v) is 13.0. The molecule has 7 heteroatoms. The second-order valence-electron chi connectivity index (χ2n) is 4.27. The first-order valence-corrected chi connectivity index (χ1v) is 8.32. The van der Waals surface area contributed by atoms with Crippen molar-refractivity contribution in [2.45, 2.75) is 37.1 Å². The van der Waals surface area contributed by atoms with Crippen molar-refractivity contribution in [2.24, 2.45) is 5.73 Å². The number of sulfonamides is 1. The van der Waals surface area contributed by atoms with Gasteiger partial charge in [-0.1, -0.05) is 43.0 Å².